The zero-order valence-electron chi connectivity index (χ0n) is 15.4. The van der Waals surface area contributed by atoms with Crippen molar-refractivity contribution in [3.63, 3.8) is 0 Å². The Hall–Kier alpha value is -3.16. The first kappa shape index (κ1) is 21.9. The molecule has 0 aliphatic rings. The number of hydrogen-bond acceptors (Lipinski definition) is 8. The van der Waals surface area contributed by atoms with Crippen LogP contribution in [0.3, 0.4) is 0 Å². The zero-order chi connectivity index (χ0) is 20.2. The Morgan fingerprint density at radius 3 is 2.07 bits per heavy atom. The van der Waals surface area contributed by atoms with Crippen molar-refractivity contribution in [3.8, 4) is 0 Å². The number of esters is 4. The van der Waals surface area contributed by atoms with Crippen LogP contribution in [0.5, 0.6) is 0 Å². The lowest BCUT2D eigenvalue weighted by molar-refractivity contribution is -0.169. The normalized spacial score (nSPS) is 12.7. The molecule has 0 bridgehead atoms. The summed E-state index contributed by atoms with van der Waals surface area (Å²) in [5, 5.41) is 0. The number of carbonyl (C=O) groups excluding carboxylic acids is 4. The summed E-state index contributed by atoms with van der Waals surface area (Å²) in [6.07, 6.45) is 0.0376. The molecule has 2 atom stereocenters. The first-order valence-corrected chi connectivity index (χ1v) is 8.14. The lowest BCUT2D eigenvalue weighted by Gasteiger charge is -2.23. The zero-order valence-corrected chi connectivity index (χ0v) is 15.4. The second kappa shape index (κ2) is 11.5. The molecule has 0 heterocycles. The van der Waals surface area contributed by atoms with E-state index in [9.17, 15) is 19.2 Å². The van der Waals surface area contributed by atoms with Gasteiger partial charge in [-0.25, -0.2) is 4.79 Å². The molecule has 1 rings (SSSR count). The first-order valence-electron chi connectivity index (χ1n) is 8.14. The highest BCUT2D eigenvalue weighted by atomic mass is 16.6. The van der Waals surface area contributed by atoms with Crippen LogP contribution in [0.2, 0.25) is 0 Å². The van der Waals surface area contributed by atoms with E-state index in [1.807, 2.05) is 18.2 Å². The highest BCUT2D eigenvalue weighted by molar-refractivity contribution is 5.82. The van der Waals surface area contributed by atoms with Crippen LogP contribution in [-0.2, 0) is 44.7 Å². The third-order valence-electron chi connectivity index (χ3n) is 3.08. The average Bonchev–Trinajstić information content (AvgIpc) is 2.60. The quantitative estimate of drug-likeness (QED) is 0.363. The maximum absolute atomic E-state index is 11.9. The Labute approximate surface area is 157 Å². The Balaban J connectivity index is 2.77. The van der Waals surface area contributed by atoms with Crippen LogP contribution in [-0.4, -0.2) is 42.7 Å². The number of benzene rings is 1. The van der Waals surface area contributed by atoms with E-state index in [-0.39, 0.29) is 13.2 Å². The average molecular weight is 378 g/mol. The topological polar surface area (TPSA) is 105 Å². The van der Waals surface area contributed by atoms with Crippen molar-refractivity contribution < 1.29 is 38.1 Å². The van der Waals surface area contributed by atoms with Gasteiger partial charge in [0.1, 0.15) is 13.2 Å². The van der Waals surface area contributed by atoms with Crippen LogP contribution >= 0.6 is 0 Å². The van der Waals surface area contributed by atoms with Crippen LogP contribution in [0.15, 0.2) is 42.5 Å². The van der Waals surface area contributed by atoms with Crippen LogP contribution in [0.4, 0.5) is 0 Å². The van der Waals surface area contributed by atoms with E-state index >= 15 is 0 Å². The summed E-state index contributed by atoms with van der Waals surface area (Å²) >= 11 is 0. The molecule has 0 saturated heterocycles. The van der Waals surface area contributed by atoms with Gasteiger partial charge in [0.2, 0.25) is 0 Å². The fourth-order valence-electron chi connectivity index (χ4n) is 1.99. The molecule has 0 aromatic heterocycles. The molecular formula is C19H22O8. The van der Waals surface area contributed by atoms with Gasteiger partial charge in [-0.05, 0) is 11.6 Å². The van der Waals surface area contributed by atoms with Gasteiger partial charge in [-0.1, -0.05) is 30.3 Å². The summed E-state index contributed by atoms with van der Waals surface area (Å²) in [5.41, 5.74) is 0.809. The molecule has 1 aromatic rings. The maximum Gasteiger partial charge on any atom is 0.330 e. The van der Waals surface area contributed by atoms with Gasteiger partial charge in [-0.3, -0.25) is 14.4 Å². The van der Waals surface area contributed by atoms with Crippen molar-refractivity contribution >= 4 is 23.9 Å². The van der Waals surface area contributed by atoms with Crippen LogP contribution in [0.25, 0.3) is 0 Å². The molecule has 0 spiro atoms. The van der Waals surface area contributed by atoms with Gasteiger partial charge in [0, 0.05) is 26.8 Å². The third kappa shape index (κ3) is 9.78. The summed E-state index contributed by atoms with van der Waals surface area (Å²) in [6.45, 7) is 3.23. The summed E-state index contributed by atoms with van der Waals surface area (Å²) in [5.74, 6) is -2.60. The Kier molecular flexibility index (Phi) is 9.28. The smallest absolute Gasteiger partial charge is 0.330 e. The molecule has 8 nitrogen and oxygen atoms in total. The van der Waals surface area contributed by atoms with Gasteiger partial charge >= 0.3 is 23.9 Å². The molecule has 0 saturated carbocycles. The Morgan fingerprint density at radius 2 is 1.52 bits per heavy atom. The van der Waals surface area contributed by atoms with Crippen LogP contribution in [0, 0.1) is 0 Å². The second-order valence-electron chi connectivity index (χ2n) is 5.48. The highest BCUT2D eigenvalue weighted by Crippen LogP contribution is 2.10. The molecule has 146 valence electrons. The van der Waals surface area contributed by atoms with Gasteiger partial charge in [-0.2, -0.15) is 0 Å². The molecule has 27 heavy (non-hydrogen) atoms. The molecule has 0 fully saturated rings. The van der Waals surface area contributed by atoms with E-state index in [0.717, 1.165) is 25.5 Å². The summed E-state index contributed by atoms with van der Waals surface area (Å²) in [6, 6.07) is 9.07. The molecule has 8 heteroatoms. The van der Waals surface area contributed by atoms with Crippen molar-refractivity contribution in [2.75, 3.05) is 6.61 Å². The van der Waals surface area contributed by atoms with Crippen LogP contribution < -0.4 is 0 Å². The summed E-state index contributed by atoms with van der Waals surface area (Å²) < 4.78 is 20.0. The van der Waals surface area contributed by atoms with E-state index in [4.69, 9.17) is 18.9 Å². The lowest BCUT2D eigenvalue weighted by Crippen LogP contribution is -2.37. The number of hydrogen-bond donors (Lipinski definition) is 0. The predicted octanol–water partition coefficient (Wildman–Crippen LogP) is 1.71. The molecule has 0 N–H and O–H groups in total. The van der Waals surface area contributed by atoms with Gasteiger partial charge in [0.05, 0.1) is 0 Å². The van der Waals surface area contributed by atoms with Crippen LogP contribution in [0.1, 0.15) is 26.3 Å². The fraction of sp³-hybridized carbons (Fsp3) is 0.368. The van der Waals surface area contributed by atoms with E-state index in [1.54, 1.807) is 12.1 Å². The van der Waals surface area contributed by atoms with Crippen molar-refractivity contribution in [1.82, 2.24) is 0 Å². The first-order chi connectivity index (χ1) is 12.8. The third-order valence-corrected chi connectivity index (χ3v) is 3.08. The standard InChI is InChI=1S/C19H22O8/c1-13(20)24-12-18(27-15(3)22)17(26-14(2)21)9-10-19(23)25-11-16-7-5-4-6-8-16/h4-10,17-18H,11-12H2,1-3H3/b10-9+/t17-,18+/m1/s1. The van der Waals surface area contributed by atoms with Crippen molar-refractivity contribution in [2.24, 2.45) is 0 Å². The maximum atomic E-state index is 11.9. The SMILES string of the molecule is CC(=O)OC[C@H](OC(C)=O)[C@@H](/C=C/C(=O)OCc1ccccc1)OC(C)=O. The number of ether oxygens (including phenoxy) is 4. The van der Waals surface area contributed by atoms with Gasteiger partial charge in [-0.15, -0.1) is 0 Å². The van der Waals surface area contributed by atoms with E-state index in [0.29, 0.717) is 0 Å². The minimum atomic E-state index is -1.13. The monoisotopic (exact) mass is 378 g/mol. The van der Waals surface area contributed by atoms with E-state index < -0.39 is 36.1 Å². The van der Waals surface area contributed by atoms with Crippen molar-refractivity contribution in [3.05, 3.63) is 48.0 Å². The van der Waals surface area contributed by atoms with Gasteiger partial charge in [0.15, 0.2) is 12.2 Å². The van der Waals surface area contributed by atoms with Gasteiger partial charge in [0.25, 0.3) is 0 Å². The van der Waals surface area contributed by atoms with Crippen molar-refractivity contribution in [1.29, 1.82) is 0 Å². The second-order valence-corrected chi connectivity index (χ2v) is 5.48. The van der Waals surface area contributed by atoms with E-state index in [1.165, 1.54) is 13.0 Å². The summed E-state index contributed by atoms with van der Waals surface area (Å²) in [4.78, 5) is 45.5. The number of rotatable bonds is 9. The van der Waals surface area contributed by atoms with E-state index in [2.05, 4.69) is 0 Å². The molecule has 0 radical (unpaired) electrons. The summed E-state index contributed by atoms with van der Waals surface area (Å²) in [7, 11) is 0. The molecule has 0 amide bonds. The van der Waals surface area contributed by atoms with Gasteiger partial charge < -0.3 is 18.9 Å². The fourth-order valence-corrected chi connectivity index (χ4v) is 1.99. The Bertz CT molecular complexity index is 680. The molecule has 0 aliphatic carbocycles. The molecular weight excluding hydrogens is 356 g/mol. The minimum absolute atomic E-state index is 0.0725. The van der Waals surface area contributed by atoms with Crippen molar-refractivity contribution in [2.45, 2.75) is 39.6 Å². The minimum Gasteiger partial charge on any atom is -0.462 e. The molecule has 0 aliphatic heterocycles. The largest absolute Gasteiger partial charge is 0.462 e. The Morgan fingerprint density at radius 1 is 0.889 bits per heavy atom. The number of carbonyl (C=O) groups is 4. The lowest BCUT2D eigenvalue weighted by atomic mass is 10.2. The molecule has 1 aromatic carbocycles. The predicted molar refractivity (Wildman–Crippen MR) is 93.1 cm³/mol. The highest BCUT2D eigenvalue weighted by Gasteiger charge is 2.26. The molecule has 0 unspecified atom stereocenters.